The average molecular weight is 460 g/mol. The molecule has 2 aliphatic heterocycles. The summed E-state index contributed by atoms with van der Waals surface area (Å²) in [5.41, 5.74) is 3.29. The van der Waals surface area contributed by atoms with E-state index >= 15 is 0 Å². The van der Waals surface area contributed by atoms with Gasteiger partial charge in [0, 0.05) is 37.8 Å². The van der Waals surface area contributed by atoms with Crippen LogP contribution in [0.15, 0.2) is 67.0 Å². The van der Waals surface area contributed by atoms with Gasteiger partial charge in [0.15, 0.2) is 5.69 Å². The van der Waals surface area contributed by atoms with E-state index in [1.165, 1.54) is 4.90 Å². The second kappa shape index (κ2) is 9.69. The summed E-state index contributed by atoms with van der Waals surface area (Å²) in [4.78, 5) is 33.5. The van der Waals surface area contributed by atoms with Gasteiger partial charge < -0.3 is 24.8 Å². The average Bonchev–Trinajstić information content (AvgIpc) is 3.55. The Morgan fingerprint density at radius 3 is 2.44 bits per heavy atom. The first kappa shape index (κ1) is 22.2. The molecule has 0 aliphatic carbocycles. The number of benzene rings is 2. The number of carboxylic acid groups (broad SMARTS) is 1. The Bertz CT molecular complexity index is 1140. The van der Waals surface area contributed by atoms with Gasteiger partial charge in [0.1, 0.15) is 0 Å². The Kier molecular flexibility index (Phi) is 6.31. The van der Waals surface area contributed by atoms with E-state index in [1.54, 1.807) is 6.33 Å². The molecular formula is C26H29N5O3. The molecule has 2 saturated heterocycles. The van der Waals surface area contributed by atoms with Crippen LogP contribution < -0.4 is 5.32 Å². The highest BCUT2D eigenvalue weighted by Gasteiger charge is 2.36. The Labute approximate surface area is 198 Å². The zero-order chi connectivity index (χ0) is 23.5. The third-order valence-corrected chi connectivity index (χ3v) is 6.80. The fourth-order valence-electron chi connectivity index (χ4n) is 5.05. The predicted octanol–water partition coefficient (Wildman–Crippen LogP) is 3.13. The summed E-state index contributed by atoms with van der Waals surface area (Å²) >= 11 is 0. The lowest BCUT2D eigenvalue weighted by atomic mass is 10.0. The molecule has 3 heterocycles. The van der Waals surface area contributed by atoms with Gasteiger partial charge in [-0.05, 0) is 24.9 Å². The smallest absolute Gasteiger partial charge is 0.407 e. The molecule has 0 unspecified atom stereocenters. The highest BCUT2D eigenvalue weighted by Crippen LogP contribution is 2.30. The van der Waals surface area contributed by atoms with E-state index in [0.717, 1.165) is 36.3 Å². The lowest BCUT2D eigenvalue weighted by molar-refractivity contribution is 0.0447. The minimum absolute atomic E-state index is 0.144. The normalized spacial score (nSPS) is 20.5. The van der Waals surface area contributed by atoms with Gasteiger partial charge in [0.2, 0.25) is 0 Å². The molecule has 1 aromatic heterocycles. The number of hydrogen-bond donors (Lipinski definition) is 2. The first-order chi connectivity index (χ1) is 16.6. The van der Waals surface area contributed by atoms with Gasteiger partial charge in [-0.25, -0.2) is 9.78 Å². The van der Waals surface area contributed by atoms with E-state index in [-0.39, 0.29) is 24.5 Å². The number of carbonyl (C=O) groups is 2. The Hall–Kier alpha value is -3.65. The molecule has 2 aliphatic rings. The Balaban J connectivity index is 1.50. The largest absolute Gasteiger partial charge is 0.465 e. The van der Waals surface area contributed by atoms with Crippen molar-refractivity contribution in [1.29, 1.82) is 0 Å². The van der Waals surface area contributed by atoms with Gasteiger partial charge in [0.05, 0.1) is 18.1 Å². The maximum atomic E-state index is 14.0. The maximum absolute atomic E-state index is 14.0. The minimum Gasteiger partial charge on any atom is -0.465 e. The van der Waals surface area contributed by atoms with Crippen LogP contribution in [-0.4, -0.2) is 75.2 Å². The molecule has 5 rings (SSSR count). The van der Waals surface area contributed by atoms with Crippen molar-refractivity contribution in [2.75, 3.05) is 32.7 Å². The SMILES string of the molecule is O=C(O)N1CCN(C(=O)c2ncn([C@H]3CCNC3)c2-c2ccccc2)[C@H](Cc2ccccc2)C1. The highest BCUT2D eigenvalue weighted by atomic mass is 16.4. The summed E-state index contributed by atoms with van der Waals surface area (Å²) in [7, 11) is 0. The number of hydrogen-bond acceptors (Lipinski definition) is 4. The molecule has 3 aromatic rings. The zero-order valence-corrected chi connectivity index (χ0v) is 19.0. The molecule has 2 amide bonds. The van der Waals surface area contributed by atoms with Crippen molar-refractivity contribution in [1.82, 2.24) is 24.7 Å². The van der Waals surface area contributed by atoms with E-state index in [0.29, 0.717) is 25.2 Å². The van der Waals surface area contributed by atoms with Crippen molar-refractivity contribution in [3.63, 3.8) is 0 Å². The molecule has 0 saturated carbocycles. The van der Waals surface area contributed by atoms with Crippen LogP contribution in [0.5, 0.6) is 0 Å². The fourth-order valence-corrected chi connectivity index (χ4v) is 5.05. The van der Waals surface area contributed by atoms with E-state index in [2.05, 4.69) is 14.9 Å². The minimum atomic E-state index is -0.951. The second-order valence-corrected chi connectivity index (χ2v) is 8.93. The van der Waals surface area contributed by atoms with E-state index in [1.807, 2.05) is 65.6 Å². The van der Waals surface area contributed by atoms with E-state index in [4.69, 9.17) is 0 Å². The van der Waals surface area contributed by atoms with Crippen LogP contribution in [-0.2, 0) is 6.42 Å². The lowest BCUT2D eigenvalue weighted by Crippen LogP contribution is -2.57. The van der Waals surface area contributed by atoms with Crippen molar-refractivity contribution in [2.24, 2.45) is 0 Å². The Morgan fingerprint density at radius 2 is 1.76 bits per heavy atom. The summed E-state index contributed by atoms with van der Waals surface area (Å²) in [5, 5.41) is 13.0. The molecule has 0 spiro atoms. The summed E-state index contributed by atoms with van der Waals surface area (Å²) in [6.45, 7) is 2.70. The maximum Gasteiger partial charge on any atom is 0.407 e. The molecule has 8 nitrogen and oxygen atoms in total. The van der Waals surface area contributed by atoms with Crippen LogP contribution in [0.3, 0.4) is 0 Å². The van der Waals surface area contributed by atoms with Crippen molar-refractivity contribution >= 4 is 12.0 Å². The van der Waals surface area contributed by atoms with Crippen molar-refractivity contribution in [3.05, 3.63) is 78.2 Å². The fraction of sp³-hybridized carbons (Fsp3) is 0.346. The molecule has 34 heavy (non-hydrogen) atoms. The van der Waals surface area contributed by atoms with Crippen LogP contribution in [0.1, 0.15) is 28.5 Å². The third kappa shape index (κ3) is 4.41. The van der Waals surface area contributed by atoms with Gasteiger partial charge >= 0.3 is 6.09 Å². The van der Waals surface area contributed by atoms with Crippen molar-refractivity contribution in [2.45, 2.75) is 24.9 Å². The molecule has 2 atom stereocenters. The summed E-state index contributed by atoms with van der Waals surface area (Å²) in [6.07, 6.45) is 2.41. The number of aromatic nitrogens is 2. The van der Waals surface area contributed by atoms with Gasteiger partial charge in [-0.3, -0.25) is 4.79 Å². The predicted molar refractivity (Wildman–Crippen MR) is 129 cm³/mol. The van der Waals surface area contributed by atoms with Crippen LogP contribution >= 0.6 is 0 Å². The number of amides is 2. The monoisotopic (exact) mass is 459 g/mol. The van der Waals surface area contributed by atoms with Gasteiger partial charge in [-0.15, -0.1) is 0 Å². The van der Waals surface area contributed by atoms with Gasteiger partial charge in [-0.1, -0.05) is 60.7 Å². The van der Waals surface area contributed by atoms with E-state index in [9.17, 15) is 14.7 Å². The molecule has 2 N–H and O–H groups in total. The summed E-state index contributed by atoms with van der Waals surface area (Å²) < 4.78 is 2.13. The van der Waals surface area contributed by atoms with Crippen LogP contribution in [0.2, 0.25) is 0 Å². The lowest BCUT2D eigenvalue weighted by Gasteiger charge is -2.40. The standard InChI is InChI=1S/C26H29N5O3/c32-25(30-14-13-29(26(33)34)17-22(30)15-19-7-3-1-4-8-19)23-24(20-9-5-2-6-10-20)31(18-28-23)21-11-12-27-16-21/h1-10,18,21-22,27H,11-17H2,(H,33,34)/t21-,22+/m0/s1. The highest BCUT2D eigenvalue weighted by molar-refractivity contribution is 5.98. The van der Waals surface area contributed by atoms with Crippen LogP contribution in [0.4, 0.5) is 4.79 Å². The topological polar surface area (TPSA) is 90.7 Å². The molecule has 2 aromatic carbocycles. The summed E-state index contributed by atoms with van der Waals surface area (Å²) in [6, 6.07) is 19.8. The van der Waals surface area contributed by atoms with Gasteiger partial charge in [0.25, 0.3) is 5.91 Å². The third-order valence-electron chi connectivity index (χ3n) is 6.80. The molecule has 8 heteroatoms. The quantitative estimate of drug-likeness (QED) is 0.612. The van der Waals surface area contributed by atoms with Gasteiger partial charge in [-0.2, -0.15) is 0 Å². The number of imidazole rings is 1. The molecule has 0 bridgehead atoms. The van der Waals surface area contributed by atoms with Crippen LogP contribution in [0, 0.1) is 0 Å². The number of rotatable bonds is 5. The number of nitrogens with zero attached hydrogens (tertiary/aromatic N) is 4. The first-order valence-electron chi connectivity index (χ1n) is 11.8. The molecule has 0 radical (unpaired) electrons. The molecule has 2 fully saturated rings. The van der Waals surface area contributed by atoms with Crippen molar-refractivity contribution in [3.8, 4) is 11.3 Å². The molecular weight excluding hydrogens is 430 g/mol. The van der Waals surface area contributed by atoms with E-state index < -0.39 is 6.09 Å². The number of piperazine rings is 1. The zero-order valence-electron chi connectivity index (χ0n) is 19.0. The summed E-state index contributed by atoms with van der Waals surface area (Å²) in [5.74, 6) is -0.144. The van der Waals surface area contributed by atoms with Crippen molar-refractivity contribution < 1.29 is 14.7 Å². The number of carbonyl (C=O) groups excluding carboxylic acids is 1. The number of nitrogens with one attached hydrogen (secondary N) is 1. The van der Waals surface area contributed by atoms with Crippen LogP contribution in [0.25, 0.3) is 11.3 Å². The first-order valence-corrected chi connectivity index (χ1v) is 11.8. The Morgan fingerprint density at radius 1 is 1.03 bits per heavy atom. The molecule has 176 valence electrons. The second-order valence-electron chi connectivity index (χ2n) is 8.93.